The van der Waals surface area contributed by atoms with Crippen LogP contribution in [0.25, 0.3) is 0 Å². The van der Waals surface area contributed by atoms with Gasteiger partial charge in [0, 0.05) is 28.0 Å². The Morgan fingerprint density at radius 1 is 0.841 bits per heavy atom. The molecule has 4 aromatic rings. The van der Waals surface area contributed by atoms with Crippen molar-refractivity contribution in [2.75, 3.05) is 10.8 Å². The number of carbonyl (C=O) groups is 2. The van der Waals surface area contributed by atoms with Crippen molar-refractivity contribution in [3.05, 3.63) is 130 Å². The molecule has 0 saturated carbocycles. The monoisotopic (exact) mass is 695 g/mol. The number of nitrogens with one attached hydrogen (secondary N) is 1. The molecule has 4 rings (SSSR count). The Bertz CT molecular complexity index is 1680. The summed E-state index contributed by atoms with van der Waals surface area (Å²) in [5.41, 5.74) is 1.34. The minimum Gasteiger partial charge on any atom is -0.350 e. The van der Waals surface area contributed by atoms with Crippen LogP contribution in [0.2, 0.25) is 5.02 Å². The van der Waals surface area contributed by atoms with E-state index in [0.717, 1.165) is 19.9 Å². The molecule has 0 spiro atoms. The van der Waals surface area contributed by atoms with Crippen LogP contribution in [-0.2, 0) is 32.6 Å². The Labute approximate surface area is 273 Å². The predicted octanol–water partition coefficient (Wildman–Crippen LogP) is 6.85. The molecule has 0 aliphatic heterocycles. The molecule has 1 unspecified atom stereocenters. The molecule has 1 atom stereocenters. The van der Waals surface area contributed by atoms with Crippen molar-refractivity contribution in [1.82, 2.24) is 10.2 Å². The number of hydrogen-bond acceptors (Lipinski definition) is 4. The summed E-state index contributed by atoms with van der Waals surface area (Å²) in [6.45, 7) is 5.16. The molecule has 4 aromatic carbocycles. The molecule has 10 heteroatoms. The fourth-order valence-electron chi connectivity index (χ4n) is 4.69. The van der Waals surface area contributed by atoms with E-state index in [1.165, 1.54) is 17.0 Å². The second-order valence-corrected chi connectivity index (χ2v) is 14.6. The first-order chi connectivity index (χ1) is 20.8. The number of sulfonamides is 1. The Morgan fingerprint density at radius 2 is 1.43 bits per heavy atom. The van der Waals surface area contributed by atoms with Gasteiger partial charge in [-0.05, 0) is 80.4 Å². The van der Waals surface area contributed by atoms with Crippen molar-refractivity contribution >= 4 is 55.1 Å². The van der Waals surface area contributed by atoms with E-state index in [0.29, 0.717) is 5.02 Å². The summed E-state index contributed by atoms with van der Waals surface area (Å²) in [4.78, 5) is 29.9. The smallest absolute Gasteiger partial charge is 0.264 e. The SMILES string of the molecule is CC(C)(C)NC(=O)C(Cc1ccccc1)N(Cc1cccc(Br)c1)C(=O)CN(c1ccc(Cl)cc1)S(=O)(=O)c1ccccc1. The maximum Gasteiger partial charge on any atom is 0.264 e. The molecule has 7 nitrogen and oxygen atoms in total. The summed E-state index contributed by atoms with van der Waals surface area (Å²) >= 11 is 9.62. The number of benzene rings is 4. The van der Waals surface area contributed by atoms with Crippen LogP contribution in [0.5, 0.6) is 0 Å². The molecule has 44 heavy (non-hydrogen) atoms. The molecule has 0 fully saturated rings. The van der Waals surface area contributed by atoms with Crippen LogP contribution >= 0.6 is 27.5 Å². The van der Waals surface area contributed by atoms with E-state index in [1.807, 2.05) is 75.4 Å². The maximum absolute atomic E-state index is 14.5. The standard InChI is InChI=1S/C34H35BrClN3O4S/c1-34(2,3)37-33(41)31(22-25-11-6-4-7-12-25)38(23-26-13-10-14-27(35)21-26)32(40)24-39(29-19-17-28(36)18-20-29)44(42,43)30-15-8-5-9-16-30/h4-21,31H,22-24H2,1-3H3,(H,37,41). The van der Waals surface area contributed by atoms with Gasteiger partial charge in [0.1, 0.15) is 12.6 Å². The average molecular weight is 697 g/mol. The summed E-state index contributed by atoms with van der Waals surface area (Å²) < 4.78 is 29.9. The Balaban J connectivity index is 1.81. The highest BCUT2D eigenvalue weighted by Crippen LogP contribution is 2.27. The van der Waals surface area contributed by atoms with E-state index in [-0.39, 0.29) is 29.5 Å². The average Bonchev–Trinajstić information content (AvgIpc) is 2.98. The van der Waals surface area contributed by atoms with Crippen molar-refractivity contribution in [2.24, 2.45) is 0 Å². The molecule has 0 saturated heterocycles. The van der Waals surface area contributed by atoms with Gasteiger partial charge in [-0.15, -0.1) is 0 Å². The highest BCUT2D eigenvalue weighted by atomic mass is 79.9. The van der Waals surface area contributed by atoms with E-state index < -0.39 is 34.1 Å². The molecule has 0 aliphatic carbocycles. The Kier molecular flexibility index (Phi) is 10.9. The van der Waals surface area contributed by atoms with Crippen molar-refractivity contribution in [3.8, 4) is 0 Å². The third-order valence-electron chi connectivity index (χ3n) is 6.74. The zero-order valence-electron chi connectivity index (χ0n) is 24.8. The number of amides is 2. The first-order valence-electron chi connectivity index (χ1n) is 14.1. The lowest BCUT2D eigenvalue weighted by atomic mass is 10.0. The van der Waals surface area contributed by atoms with Gasteiger partial charge in [0.15, 0.2) is 0 Å². The van der Waals surface area contributed by atoms with E-state index >= 15 is 0 Å². The molecule has 230 valence electrons. The minimum atomic E-state index is -4.17. The van der Waals surface area contributed by atoms with Crippen LogP contribution in [0.1, 0.15) is 31.9 Å². The quantitative estimate of drug-likeness (QED) is 0.186. The van der Waals surface area contributed by atoms with E-state index in [1.54, 1.807) is 42.5 Å². The summed E-state index contributed by atoms with van der Waals surface area (Å²) in [5, 5.41) is 3.46. The molecule has 0 heterocycles. The first kappa shape index (κ1) is 33.2. The number of carbonyl (C=O) groups excluding carboxylic acids is 2. The number of rotatable bonds is 11. The van der Waals surface area contributed by atoms with Gasteiger partial charge in [-0.1, -0.05) is 88.2 Å². The summed E-state index contributed by atoms with van der Waals surface area (Å²) in [5.74, 6) is -0.877. The van der Waals surface area contributed by atoms with Gasteiger partial charge in [-0.3, -0.25) is 13.9 Å². The molecule has 0 aliphatic rings. The molecule has 0 bridgehead atoms. The van der Waals surface area contributed by atoms with Crippen molar-refractivity contribution in [1.29, 1.82) is 0 Å². The summed E-state index contributed by atoms with van der Waals surface area (Å²) in [7, 11) is -4.17. The lowest BCUT2D eigenvalue weighted by Gasteiger charge is -2.35. The van der Waals surface area contributed by atoms with Crippen LogP contribution in [0.3, 0.4) is 0 Å². The minimum absolute atomic E-state index is 0.0348. The lowest BCUT2D eigenvalue weighted by Crippen LogP contribution is -2.56. The Morgan fingerprint density at radius 3 is 2.02 bits per heavy atom. The molecule has 1 N–H and O–H groups in total. The van der Waals surface area contributed by atoms with Gasteiger partial charge in [-0.2, -0.15) is 0 Å². The van der Waals surface area contributed by atoms with Crippen LogP contribution < -0.4 is 9.62 Å². The van der Waals surface area contributed by atoms with Gasteiger partial charge in [0.05, 0.1) is 10.6 Å². The van der Waals surface area contributed by atoms with Crippen LogP contribution in [-0.4, -0.2) is 43.3 Å². The topological polar surface area (TPSA) is 86.8 Å². The van der Waals surface area contributed by atoms with Crippen LogP contribution in [0, 0.1) is 0 Å². The molecular weight excluding hydrogens is 662 g/mol. The van der Waals surface area contributed by atoms with Crippen molar-refractivity contribution in [3.63, 3.8) is 0 Å². The number of nitrogens with zero attached hydrogens (tertiary/aromatic N) is 2. The third-order valence-corrected chi connectivity index (χ3v) is 9.27. The van der Waals surface area contributed by atoms with Crippen LogP contribution in [0.4, 0.5) is 5.69 Å². The molecular formula is C34H35BrClN3O4S. The van der Waals surface area contributed by atoms with Crippen molar-refractivity contribution < 1.29 is 18.0 Å². The van der Waals surface area contributed by atoms with E-state index in [4.69, 9.17) is 11.6 Å². The number of anilines is 1. The number of halogens is 2. The van der Waals surface area contributed by atoms with Gasteiger partial charge in [0.2, 0.25) is 11.8 Å². The molecule has 0 aromatic heterocycles. The zero-order chi connectivity index (χ0) is 31.9. The van der Waals surface area contributed by atoms with E-state index in [2.05, 4.69) is 21.2 Å². The third kappa shape index (κ3) is 8.94. The highest BCUT2D eigenvalue weighted by Gasteiger charge is 2.35. The fraction of sp³-hybridized carbons (Fsp3) is 0.235. The molecule has 0 radical (unpaired) electrons. The lowest BCUT2D eigenvalue weighted by molar-refractivity contribution is -0.140. The Hall–Kier alpha value is -3.66. The summed E-state index contributed by atoms with van der Waals surface area (Å²) in [6, 6.07) is 30.2. The highest BCUT2D eigenvalue weighted by molar-refractivity contribution is 9.10. The number of hydrogen-bond donors (Lipinski definition) is 1. The molecule has 2 amide bonds. The predicted molar refractivity (Wildman–Crippen MR) is 179 cm³/mol. The summed E-state index contributed by atoms with van der Waals surface area (Å²) in [6.07, 6.45) is 0.231. The normalized spacial score (nSPS) is 12.3. The second-order valence-electron chi connectivity index (χ2n) is 11.4. The zero-order valence-corrected chi connectivity index (χ0v) is 27.9. The second kappa shape index (κ2) is 14.4. The van der Waals surface area contributed by atoms with Crippen LogP contribution in [0.15, 0.2) is 119 Å². The van der Waals surface area contributed by atoms with Gasteiger partial charge < -0.3 is 10.2 Å². The van der Waals surface area contributed by atoms with Gasteiger partial charge in [0.25, 0.3) is 10.0 Å². The van der Waals surface area contributed by atoms with Gasteiger partial charge in [-0.25, -0.2) is 8.42 Å². The fourth-order valence-corrected chi connectivity index (χ4v) is 6.70. The van der Waals surface area contributed by atoms with E-state index in [9.17, 15) is 18.0 Å². The first-order valence-corrected chi connectivity index (χ1v) is 16.7. The largest absolute Gasteiger partial charge is 0.350 e. The maximum atomic E-state index is 14.5. The van der Waals surface area contributed by atoms with Gasteiger partial charge >= 0.3 is 0 Å². The van der Waals surface area contributed by atoms with Crippen molar-refractivity contribution in [2.45, 2.75) is 50.2 Å².